The van der Waals surface area contributed by atoms with Gasteiger partial charge in [0.2, 0.25) is 5.89 Å². The van der Waals surface area contributed by atoms with Crippen molar-refractivity contribution in [2.24, 2.45) is 0 Å². The Bertz CT molecular complexity index is 338. The molecule has 0 saturated carbocycles. The molecule has 1 aromatic rings. The van der Waals surface area contributed by atoms with Crippen LogP contribution in [0.3, 0.4) is 0 Å². The summed E-state index contributed by atoms with van der Waals surface area (Å²) in [6, 6.07) is 0.229. The summed E-state index contributed by atoms with van der Waals surface area (Å²) in [4.78, 5) is 6.45. The molecular formula is C11H19N3O2. The van der Waals surface area contributed by atoms with Crippen LogP contribution in [0.15, 0.2) is 4.52 Å². The SMILES string of the molecule is Cc1nc(CN2CCCCC2C(C)O)no1. The molecule has 1 aromatic heterocycles. The van der Waals surface area contributed by atoms with Gasteiger partial charge in [-0.1, -0.05) is 11.6 Å². The first-order valence-corrected chi connectivity index (χ1v) is 5.88. The molecule has 1 saturated heterocycles. The average molecular weight is 225 g/mol. The molecule has 0 amide bonds. The third-order valence-corrected chi connectivity index (χ3v) is 3.14. The van der Waals surface area contributed by atoms with Gasteiger partial charge in [-0.05, 0) is 26.3 Å². The highest BCUT2D eigenvalue weighted by atomic mass is 16.5. The fraction of sp³-hybridized carbons (Fsp3) is 0.818. The van der Waals surface area contributed by atoms with Crippen LogP contribution in [0.4, 0.5) is 0 Å². The van der Waals surface area contributed by atoms with Crippen molar-refractivity contribution >= 4 is 0 Å². The van der Waals surface area contributed by atoms with Gasteiger partial charge in [-0.25, -0.2) is 0 Å². The molecule has 1 aliphatic rings. The van der Waals surface area contributed by atoms with Crippen LogP contribution >= 0.6 is 0 Å². The molecule has 2 atom stereocenters. The summed E-state index contributed by atoms with van der Waals surface area (Å²) in [5.41, 5.74) is 0. The van der Waals surface area contributed by atoms with Gasteiger partial charge in [-0.2, -0.15) is 4.98 Å². The molecule has 1 N–H and O–H groups in total. The van der Waals surface area contributed by atoms with Gasteiger partial charge in [0.1, 0.15) is 0 Å². The van der Waals surface area contributed by atoms with Gasteiger partial charge in [-0.15, -0.1) is 0 Å². The lowest BCUT2D eigenvalue weighted by Crippen LogP contribution is -2.45. The van der Waals surface area contributed by atoms with Gasteiger partial charge in [-0.3, -0.25) is 4.90 Å². The second-order valence-electron chi connectivity index (χ2n) is 4.50. The van der Waals surface area contributed by atoms with Crippen LogP contribution < -0.4 is 0 Å². The molecule has 0 radical (unpaired) electrons. The molecule has 16 heavy (non-hydrogen) atoms. The highest BCUT2D eigenvalue weighted by Crippen LogP contribution is 2.21. The number of hydrogen-bond donors (Lipinski definition) is 1. The van der Waals surface area contributed by atoms with Crippen molar-refractivity contribution in [1.29, 1.82) is 0 Å². The summed E-state index contributed by atoms with van der Waals surface area (Å²) >= 11 is 0. The molecule has 1 fully saturated rings. The average Bonchev–Trinajstić information content (AvgIpc) is 2.64. The molecule has 5 heteroatoms. The lowest BCUT2D eigenvalue weighted by atomic mass is 9.98. The number of piperidine rings is 1. The van der Waals surface area contributed by atoms with Crippen LogP contribution in [0.2, 0.25) is 0 Å². The van der Waals surface area contributed by atoms with Crippen molar-refractivity contribution in [3.8, 4) is 0 Å². The van der Waals surface area contributed by atoms with E-state index in [1.807, 2.05) is 6.92 Å². The summed E-state index contributed by atoms with van der Waals surface area (Å²) in [7, 11) is 0. The van der Waals surface area contributed by atoms with Crippen LogP contribution in [0.25, 0.3) is 0 Å². The molecule has 0 aromatic carbocycles. The highest BCUT2D eigenvalue weighted by molar-refractivity contribution is 4.88. The zero-order chi connectivity index (χ0) is 11.5. The highest BCUT2D eigenvalue weighted by Gasteiger charge is 2.27. The Hall–Kier alpha value is -0.940. The second kappa shape index (κ2) is 4.93. The first-order chi connectivity index (χ1) is 7.66. The second-order valence-corrected chi connectivity index (χ2v) is 4.50. The van der Waals surface area contributed by atoms with Gasteiger partial charge in [0.25, 0.3) is 0 Å². The van der Waals surface area contributed by atoms with E-state index in [9.17, 15) is 5.11 Å². The van der Waals surface area contributed by atoms with Crippen molar-refractivity contribution in [3.05, 3.63) is 11.7 Å². The number of aromatic nitrogens is 2. The van der Waals surface area contributed by atoms with E-state index < -0.39 is 0 Å². The van der Waals surface area contributed by atoms with Crippen molar-refractivity contribution in [3.63, 3.8) is 0 Å². The summed E-state index contributed by atoms with van der Waals surface area (Å²) in [6.07, 6.45) is 3.12. The number of nitrogens with zero attached hydrogens (tertiary/aromatic N) is 3. The number of aliphatic hydroxyl groups excluding tert-OH is 1. The molecule has 90 valence electrons. The summed E-state index contributed by atoms with van der Waals surface area (Å²) in [5, 5.41) is 13.6. The summed E-state index contributed by atoms with van der Waals surface area (Å²) < 4.78 is 4.95. The molecule has 2 unspecified atom stereocenters. The maximum absolute atomic E-state index is 9.72. The number of aryl methyl sites for hydroxylation is 1. The van der Waals surface area contributed by atoms with E-state index >= 15 is 0 Å². The van der Waals surface area contributed by atoms with E-state index in [2.05, 4.69) is 15.0 Å². The molecule has 2 rings (SSSR count). The van der Waals surface area contributed by atoms with E-state index in [-0.39, 0.29) is 12.1 Å². The predicted molar refractivity (Wildman–Crippen MR) is 58.8 cm³/mol. The predicted octanol–water partition coefficient (Wildman–Crippen LogP) is 1.11. The first kappa shape index (κ1) is 11.5. The lowest BCUT2D eigenvalue weighted by Gasteiger charge is -2.36. The van der Waals surface area contributed by atoms with Crippen LogP contribution in [-0.2, 0) is 6.54 Å². The standard InChI is InChI=1S/C11H19N3O2/c1-8(15)10-5-3-4-6-14(10)7-11-12-9(2)16-13-11/h8,10,15H,3-7H2,1-2H3. The third-order valence-electron chi connectivity index (χ3n) is 3.14. The maximum atomic E-state index is 9.72. The molecule has 0 aliphatic carbocycles. The quantitative estimate of drug-likeness (QED) is 0.835. The normalized spacial score (nSPS) is 24.6. The van der Waals surface area contributed by atoms with Crippen molar-refractivity contribution in [2.45, 2.75) is 51.8 Å². The minimum Gasteiger partial charge on any atom is -0.392 e. The Labute approximate surface area is 95.4 Å². The Morgan fingerprint density at radius 3 is 3.00 bits per heavy atom. The fourth-order valence-corrected chi connectivity index (χ4v) is 2.35. The van der Waals surface area contributed by atoms with Gasteiger partial charge in [0.05, 0.1) is 12.6 Å². The Kier molecular flexibility index (Phi) is 3.56. The van der Waals surface area contributed by atoms with E-state index in [4.69, 9.17) is 4.52 Å². The van der Waals surface area contributed by atoms with Gasteiger partial charge >= 0.3 is 0 Å². The van der Waals surface area contributed by atoms with E-state index in [1.165, 1.54) is 12.8 Å². The van der Waals surface area contributed by atoms with Crippen molar-refractivity contribution < 1.29 is 9.63 Å². The number of aliphatic hydroxyl groups is 1. The third kappa shape index (κ3) is 2.59. The van der Waals surface area contributed by atoms with Crippen LogP contribution in [0.5, 0.6) is 0 Å². The molecule has 0 bridgehead atoms. The van der Waals surface area contributed by atoms with Crippen molar-refractivity contribution in [1.82, 2.24) is 15.0 Å². The molecule has 0 spiro atoms. The van der Waals surface area contributed by atoms with E-state index in [0.717, 1.165) is 13.0 Å². The lowest BCUT2D eigenvalue weighted by molar-refractivity contribution is 0.0298. The zero-order valence-corrected chi connectivity index (χ0v) is 9.89. The number of likely N-dealkylation sites (tertiary alicyclic amines) is 1. The molecule has 5 nitrogen and oxygen atoms in total. The number of rotatable bonds is 3. The topological polar surface area (TPSA) is 62.4 Å². The zero-order valence-electron chi connectivity index (χ0n) is 9.89. The van der Waals surface area contributed by atoms with Crippen LogP contribution in [0, 0.1) is 6.92 Å². The maximum Gasteiger partial charge on any atom is 0.223 e. The minimum atomic E-state index is -0.298. The Morgan fingerprint density at radius 1 is 1.56 bits per heavy atom. The van der Waals surface area contributed by atoms with E-state index in [0.29, 0.717) is 18.3 Å². The Morgan fingerprint density at radius 2 is 2.38 bits per heavy atom. The molecule has 2 heterocycles. The summed E-state index contributed by atoms with van der Waals surface area (Å²) in [5.74, 6) is 1.31. The number of hydrogen-bond acceptors (Lipinski definition) is 5. The minimum absolute atomic E-state index is 0.229. The smallest absolute Gasteiger partial charge is 0.223 e. The largest absolute Gasteiger partial charge is 0.392 e. The van der Waals surface area contributed by atoms with E-state index in [1.54, 1.807) is 6.92 Å². The van der Waals surface area contributed by atoms with Gasteiger partial charge < -0.3 is 9.63 Å². The fourth-order valence-electron chi connectivity index (χ4n) is 2.35. The summed E-state index contributed by atoms with van der Waals surface area (Å²) in [6.45, 7) is 5.32. The monoisotopic (exact) mass is 225 g/mol. The molecule has 1 aliphatic heterocycles. The van der Waals surface area contributed by atoms with Gasteiger partial charge in [0.15, 0.2) is 5.82 Å². The van der Waals surface area contributed by atoms with Crippen molar-refractivity contribution in [2.75, 3.05) is 6.54 Å². The van der Waals surface area contributed by atoms with Crippen LogP contribution in [-0.4, -0.2) is 38.8 Å². The molecular weight excluding hydrogens is 206 g/mol. The van der Waals surface area contributed by atoms with Crippen LogP contribution in [0.1, 0.15) is 37.9 Å². The first-order valence-electron chi connectivity index (χ1n) is 5.88. The van der Waals surface area contributed by atoms with Gasteiger partial charge in [0, 0.05) is 13.0 Å². The Balaban J connectivity index is 2.01.